The molecule has 0 unspecified atom stereocenters. The van der Waals surface area contributed by atoms with Gasteiger partial charge in [0.15, 0.2) is 0 Å². The Labute approximate surface area is 74.9 Å². The fourth-order valence-electron chi connectivity index (χ4n) is 1.94. The van der Waals surface area contributed by atoms with Crippen molar-refractivity contribution >= 4 is 0 Å². The van der Waals surface area contributed by atoms with E-state index in [1.807, 2.05) is 0 Å². The third-order valence-corrected chi connectivity index (χ3v) is 3.21. The van der Waals surface area contributed by atoms with Crippen molar-refractivity contribution in [3.8, 4) is 0 Å². The highest BCUT2D eigenvalue weighted by Gasteiger charge is 2.32. The molecule has 0 spiro atoms. The van der Waals surface area contributed by atoms with Crippen molar-refractivity contribution in [2.45, 2.75) is 51.2 Å². The predicted molar refractivity (Wildman–Crippen MR) is 49.1 cm³/mol. The summed E-state index contributed by atoms with van der Waals surface area (Å²) in [5.41, 5.74) is -0.0137. The highest BCUT2D eigenvalue weighted by Crippen LogP contribution is 2.34. The molecule has 1 saturated carbocycles. The van der Waals surface area contributed by atoms with Crippen molar-refractivity contribution in [1.82, 2.24) is 0 Å². The molecule has 72 valence electrons. The maximum Gasteiger partial charge on any atom is 0.0650 e. The molecule has 1 aliphatic carbocycles. The lowest BCUT2D eigenvalue weighted by atomic mass is 9.78. The first-order chi connectivity index (χ1) is 5.56. The Morgan fingerprint density at radius 2 is 1.67 bits per heavy atom. The number of aliphatic hydroxyl groups excluding tert-OH is 1. The van der Waals surface area contributed by atoms with Crippen LogP contribution in [0.15, 0.2) is 0 Å². The largest absolute Gasteiger partial charge is 0.393 e. The molecular formula is C10H20O2. The van der Waals surface area contributed by atoms with Crippen molar-refractivity contribution in [2.24, 2.45) is 5.92 Å². The zero-order valence-corrected chi connectivity index (χ0v) is 8.34. The standard InChI is InChI=1S/C10H20O2/c1-10(2,12-3)8-4-6-9(11)7-5-8/h8-9,11H,4-7H2,1-3H3/t8-,9+. The number of hydrogen-bond acceptors (Lipinski definition) is 2. The number of hydrogen-bond donors (Lipinski definition) is 1. The van der Waals surface area contributed by atoms with E-state index in [1.165, 1.54) is 0 Å². The van der Waals surface area contributed by atoms with E-state index in [4.69, 9.17) is 4.74 Å². The van der Waals surface area contributed by atoms with Gasteiger partial charge < -0.3 is 9.84 Å². The van der Waals surface area contributed by atoms with Gasteiger partial charge in [-0.15, -0.1) is 0 Å². The monoisotopic (exact) mass is 172 g/mol. The smallest absolute Gasteiger partial charge is 0.0650 e. The lowest BCUT2D eigenvalue weighted by Crippen LogP contribution is -2.36. The Bertz CT molecular complexity index is 135. The molecular weight excluding hydrogens is 152 g/mol. The molecule has 1 fully saturated rings. The van der Waals surface area contributed by atoms with Gasteiger partial charge >= 0.3 is 0 Å². The van der Waals surface area contributed by atoms with Crippen molar-refractivity contribution in [2.75, 3.05) is 7.11 Å². The molecule has 0 aliphatic heterocycles. The summed E-state index contributed by atoms with van der Waals surface area (Å²) < 4.78 is 5.43. The van der Waals surface area contributed by atoms with Crippen molar-refractivity contribution in [3.05, 3.63) is 0 Å². The van der Waals surface area contributed by atoms with E-state index >= 15 is 0 Å². The Morgan fingerprint density at radius 1 is 1.17 bits per heavy atom. The molecule has 0 bridgehead atoms. The van der Waals surface area contributed by atoms with Crippen LogP contribution in [0.5, 0.6) is 0 Å². The second-order valence-electron chi connectivity index (χ2n) is 4.31. The van der Waals surface area contributed by atoms with Gasteiger partial charge in [0.25, 0.3) is 0 Å². The first kappa shape index (κ1) is 10.0. The number of ether oxygens (including phenoxy) is 1. The molecule has 1 N–H and O–H groups in total. The van der Waals surface area contributed by atoms with Gasteiger partial charge in [-0.1, -0.05) is 0 Å². The highest BCUT2D eigenvalue weighted by atomic mass is 16.5. The van der Waals surface area contributed by atoms with Gasteiger partial charge in [0.1, 0.15) is 0 Å². The van der Waals surface area contributed by atoms with E-state index in [0.717, 1.165) is 25.7 Å². The van der Waals surface area contributed by atoms with Crippen molar-refractivity contribution in [3.63, 3.8) is 0 Å². The number of aliphatic hydroxyl groups is 1. The molecule has 0 radical (unpaired) electrons. The molecule has 0 amide bonds. The molecule has 0 aromatic carbocycles. The SMILES string of the molecule is COC(C)(C)[C@H]1CC[C@@H](O)CC1. The summed E-state index contributed by atoms with van der Waals surface area (Å²) >= 11 is 0. The summed E-state index contributed by atoms with van der Waals surface area (Å²) in [5, 5.41) is 9.32. The van der Waals surface area contributed by atoms with E-state index in [9.17, 15) is 5.11 Å². The summed E-state index contributed by atoms with van der Waals surface area (Å²) in [5.74, 6) is 0.617. The lowest BCUT2D eigenvalue weighted by Gasteiger charge is -2.37. The molecule has 2 heteroatoms. The molecule has 12 heavy (non-hydrogen) atoms. The topological polar surface area (TPSA) is 29.5 Å². The van der Waals surface area contributed by atoms with Crippen LogP contribution in [0.2, 0.25) is 0 Å². The average molecular weight is 172 g/mol. The predicted octanol–water partition coefficient (Wildman–Crippen LogP) is 1.96. The van der Waals surface area contributed by atoms with Crippen molar-refractivity contribution in [1.29, 1.82) is 0 Å². The maximum absolute atomic E-state index is 9.32. The van der Waals surface area contributed by atoms with Crippen LogP contribution in [0.4, 0.5) is 0 Å². The second-order valence-corrected chi connectivity index (χ2v) is 4.31. The molecule has 2 nitrogen and oxygen atoms in total. The first-order valence-electron chi connectivity index (χ1n) is 4.79. The Kier molecular flexibility index (Phi) is 3.13. The highest BCUT2D eigenvalue weighted by molar-refractivity contribution is 4.83. The summed E-state index contributed by atoms with van der Waals surface area (Å²) in [4.78, 5) is 0. The number of methoxy groups -OCH3 is 1. The van der Waals surface area contributed by atoms with E-state index in [1.54, 1.807) is 7.11 Å². The summed E-state index contributed by atoms with van der Waals surface area (Å²) in [7, 11) is 1.77. The minimum absolute atomic E-state index is 0.0137. The third kappa shape index (κ3) is 2.20. The molecule has 0 aromatic rings. The summed E-state index contributed by atoms with van der Waals surface area (Å²) in [6.07, 6.45) is 4.02. The Morgan fingerprint density at radius 3 is 2.08 bits per heavy atom. The van der Waals surface area contributed by atoms with Gasteiger partial charge in [-0.05, 0) is 45.4 Å². The van der Waals surface area contributed by atoms with Crippen LogP contribution in [0.3, 0.4) is 0 Å². The van der Waals surface area contributed by atoms with Gasteiger partial charge in [0, 0.05) is 7.11 Å². The van der Waals surface area contributed by atoms with Crippen LogP contribution in [0.1, 0.15) is 39.5 Å². The first-order valence-corrected chi connectivity index (χ1v) is 4.79. The maximum atomic E-state index is 9.32. The Balaban J connectivity index is 2.44. The summed E-state index contributed by atoms with van der Waals surface area (Å²) in [6, 6.07) is 0. The molecule has 0 heterocycles. The van der Waals surface area contributed by atoms with Gasteiger partial charge in [0.05, 0.1) is 11.7 Å². The van der Waals surface area contributed by atoms with E-state index in [2.05, 4.69) is 13.8 Å². The van der Waals surface area contributed by atoms with Gasteiger partial charge in [0.2, 0.25) is 0 Å². The van der Waals surface area contributed by atoms with Gasteiger partial charge in [-0.3, -0.25) is 0 Å². The molecule has 0 saturated heterocycles. The van der Waals surface area contributed by atoms with Gasteiger partial charge in [-0.25, -0.2) is 0 Å². The lowest BCUT2D eigenvalue weighted by molar-refractivity contribution is -0.0522. The minimum atomic E-state index is -0.0612. The molecule has 0 atom stereocenters. The van der Waals surface area contributed by atoms with Crippen LogP contribution < -0.4 is 0 Å². The Hall–Kier alpha value is -0.0800. The van der Waals surface area contributed by atoms with Gasteiger partial charge in [-0.2, -0.15) is 0 Å². The zero-order chi connectivity index (χ0) is 9.19. The van der Waals surface area contributed by atoms with Crippen molar-refractivity contribution < 1.29 is 9.84 Å². The fourth-order valence-corrected chi connectivity index (χ4v) is 1.94. The average Bonchev–Trinajstić information content (AvgIpc) is 2.05. The molecule has 0 aromatic heterocycles. The number of rotatable bonds is 2. The van der Waals surface area contributed by atoms with Crippen LogP contribution >= 0.6 is 0 Å². The summed E-state index contributed by atoms with van der Waals surface area (Å²) in [6.45, 7) is 4.27. The molecule has 1 aliphatic rings. The fraction of sp³-hybridized carbons (Fsp3) is 1.00. The second kappa shape index (κ2) is 3.75. The normalized spacial score (nSPS) is 32.0. The van der Waals surface area contributed by atoms with Crippen LogP contribution in [-0.4, -0.2) is 23.9 Å². The zero-order valence-electron chi connectivity index (χ0n) is 8.34. The third-order valence-electron chi connectivity index (χ3n) is 3.21. The van der Waals surface area contributed by atoms with E-state index in [0.29, 0.717) is 5.92 Å². The van der Waals surface area contributed by atoms with E-state index in [-0.39, 0.29) is 11.7 Å². The van der Waals surface area contributed by atoms with E-state index < -0.39 is 0 Å². The minimum Gasteiger partial charge on any atom is -0.393 e. The quantitative estimate of drug-likeness (QED) is 0.690. The van der Waals surface area contributed by atoms with Crippen LogP contribution in [-0.2, 0) is 4.74 Å². The van der Waals surface area contributed by atoms with Crippen LogP contribution in [0, 0.1) is 5.92 Å². The molecule has 1 rings (SSSR count). The van der Waals surface area contributed by atoms with Crippen LogP contribution in [0.25, 0.3) is 0 Å².